The minimum atomic E-state index is -4.85. The van der Waals surface area contributed by atoms with Crippen LogP contribution in [-0.2, 0) is 12.7 Å². The van der Waals surface area contributed by atoms with Gasteiger partial charge in [0.1, 0.15) is 5.69 Å². The Kier molecular flexibility index (Phi) is 5.07. The van der Waals surface area contributed by atoms with Gasteiger partial charge in [0.15, 0.2) is 5.65 Å². The second-order valence-electron chi connectivity index (χ2n) is 8.72. The summed E-state index contributed by atoms with van der Waals surface area (Å²) in [7, 11) is 1.27. The second kappa shape index (κ2) is 10.9. The maximum Gasteiger partial charge on any atom is 0.416 e. The number of imidazole rings is 1. The standard InChI is InChI=1S/C29H27F3N6O/c1-20-5-6-22(16-21(20)8-10-25-18-33-27-4-3-11-34-38(25)27)28(39)35-24-9-7-23(26(17-24)29(30,31)32)19-37-14-12-36(2)13-15-37/h3-7,9,11,16-18H,12-15,19H2,1-2H3,(H,35,39)/i1D3,12D2,13D2,18D. The topological polar surface area (TPSA) is 65.8 Å². The highest BCUT2D eigenvalue weighted by molar-refractivity contribution is 6.04. The van der Waals surface area contributed by atoms with Gasteiger partial charge >= 0.3 is 6.18 Å². The number of nitrogens with one attached hydrogen (secondary N) is 1. The van der Waals surface area contributed by atoms with Crippen molar-refractivity contribution in [3.8, 4) is 11.8 Å². The van der Waals surface area contributed by atoms with Crippen LogP contribution in [0.4, 0.5) is 18.9 Å². The predicted octanol–water partition coefficient (Wildman–Crippen LogP) is 4.46. The number of likely N-dealkylation sites (N-methyl/N-ethyl adjacent to an activating group) is 1. The molecule has 1 N–H and O–H groups in total. The number of benzene rings is 2. The molecule has 0 radical (unpaired) electrons. The number of rotatable bonds is 4. The fraction of sp³-hybridized carbons (Fsp3) is 0.276. The van der Waals surface area contributed by atoms with Crippen LogP contribution in [0.2, 0.25) is 0 Å². The number of fused-ring (bicyclic) bond motifs is 1. The monoisotopic (exact) mass is 540 g/mol. The summed E-state index contributed by atoms with van der Waals surface area (Å²) in [5.74, 6) is 4.54. The van der Waals surface area contributed by atoms with E-state index < -0.39 is 44.0 Å². The zero-order valence-electron chi connectivity index (χ0n) is 28.6. The predicted molar refractivity (Wildman–Crippen MR) is 142 cm³/mol. The molecule has 1 aliphatic heterocycles. The molecular weight excluding hydrogens is 505 g/mol. The minimum absolute atomic E-state index is 0.0684. The number of carbonyl (C=O) groups is 1. The highest BCUT2D eigenvalue weighted by atomic mass is 19.4. The Morgan fingerprint density at radius 3 is 2.77 bits per heavy atom. The first-order valence-corrected chi connectivity index (χ1v) is 11.7. The Balaban J connectivity index is 1.43. The summed E-state index contributed by atoms with van der Waals surface area (Å²) < 4.78 is 108. The van der Waals surface area contributed by atoms with Gasteiger partial charge in [-0.15, -0.1) is 0 Å². The number of anilines is 1. The smallest absolute Gasteiger partial charge is 0.322 e. The first kappa shape index (κ1) is 18.2. The van der Waals surface area contributed by atoms with Crippen LogP contribution in [0.5, 0.6) is 0 Å². The van der Waals surface area contributed by atoms with Gasteiger partial charge in [0.05, 0.1) is 13.1 Å². The average molecular weight is 541 g/mol. The molecule has 4 aromatic rings. The Labute approximate surface area is 235 Å². The normalized spacial score (nSPS) is 20.6. The van der Waals surface area contributed by atoms with E-state index in [9.17, 15) is 18.0 Å². The minimum Gasteiger partial charge on any atom is -0.322 e. The lowest BCUT2D eigenvalue weighted by molar-refractivity contribution is -0.138. The van der Waals surface area contributed by atoms with E-state index in [1.54, 1.807) is 12.1 Å². The molecular formula is C29H27F3N6O. The summed E-state index contributed by atoms with van der Waals surface area (Å²) in [5.41, 5.74) is -1.45. The van der Waals surface area contributed by atoms with Crippen molar-refractivity contribution in [3.63, 3.8) is 0 Å². The number of nitrogens with zero attached hydrogens (tertiary/aromatic N) is 5. The van der Waals surface area contributed by atoms with Gasteiger partial charge in [0.25, 0.3) is 5.91 Å². The third kappa shape index (κ3) is 6.11. The van der Waals surface area contributed by atoms with Gasteiger partial charge in [-0.05, 0) is 67.3 Å². The summed E-state index contributed by atoms with van der Waals surface area (Å²) in [4.78, 5) is 19.4. The molecule has 1 amide bonds. The summed E-state index contributed by atoms with van der Waals surface area (Å²) in [6.45, 7) is -7.92. The Bertz CT molecular complexity index is 1900. The van der Waals surface area contributed by atoms with Gasteiger partial charge in [-0.2, -0.15) is 18.3 Å². The molecule has 2 aromatic carbocycles. The Hall–Kier alpha value is -4.20. The van der Waals surface area contributed by atoms with Crippen molar-refractivity contribution in [2.45, 2.75) is 19.6 Å². The fourth-order valence-electron chi connectivity index (χ4n) is 3.91. The fourth-order valence-corrected chi connectivity index (χ4v) is 3.91. The van der Waals surface area contributed by atoms with Gasteiger partial charge in [-0.25, -0.2) is 9.50 Å². The summed E-state index contributed by atoms with van der Waals surface area (Å²) >= 11 is 0. The number of hydrogen-bond donors (Lipinski definition) is 1. The summed E-state index contributed by atoms with van der Waals surface area (Å²) in [5, 5.41) is 6.50. The molecule has 1 saturated heterocycles. The van der Waals surface area contributed by atoms with Crippen LogP contribution >= 0.6 is 0 Å². The average Bonchev–Trinajstić information content (AvgIpc) is 3.28. The van der Waals surface area contributed by atoms with E-state index in [-0.39, 0.29) is 52.9 Å². The lowest BCUT2D eigenvalue weighted by Crippen LogP contribution is -2.44. The van der Waals surface area contributed by atoms with Crippen molar-refractivity contribution in [1.29, 1.82) is 0 Å². The third-order valence-corrected chi connectivity index (χ3v) is 5.95. The molecule has 1 aliphatic rings. The first-order valence-electron chi connectivity index (χ1n) is 15.7. The number of aromatic nitrogens is 3. The van der Waals surface area contributed by atoms with Gasteiger partial charge in [0.2, 0.25) is 0 Å². The molecule has 0 aliphatic carbocycles. The van der Waals surface area contributed by atoms with E-state index in [0.29, 0.717) is 5.65 Å². The van der Waals surface area contributed by atoms with E-state index in [1.165, 1.54) is 46.9 Å². The zero-order valence-corrected chi connectivity index (χ0v) is 20.6. The number of alkyl halides is 3. The van der Waals surface area contributed by atoms with E-state index in [4.69, 9.17) is 11.0 Å². The maximum atomic E-state index is 14.2. The Morgan fingerprint density at radius 1 is 1.18 bits per heavy atom. The molecule has 3 heterocycles. The molecule has 39 heavy (non-hydrogen) atoms. The molecule has 0 bridgehead atoms. The maximum absolute atomic E-state index is 14.2. The highest BCUT2D eigenvalue weighted by Gasteiger charge is 2.34. The van der Waals surface area contributed by atoms with Crippen molar-refractivity contribution in [2.75, 3.05) is 38.4 Å². The molecule has 0 spiro atoms. The number of halogens is 3. The molecule has 0 unspecified atom stereocenters. The SMILES string of the molecule is [2H]c1nc2cccnn2c1C#Cc1cc(C(=O)Nc2ccc(CN3CC([2H])([2H])N(C)C([2H])([2H])C3)c(C(F)(F)F)c2)ccc1C([2H])([2H])[2H]. The van der Waals surface area contributed by atoms with E-state index in [2.05, 4.69) is 27.2 Å². The summed E-state index contributed by atoms with van der Waals surface area (Å²) in [6, 6.07) is 9.92. The van der Waals surface area contributed by atoms with Crippen LogP contribution in [-0.4, -0.2) is 63.4 Å². The van der Waals surface area contributed by atoms with Crippen LogP contribution < -0.4 is 5.32 Å². The van der Waals surface area contributed by atoms with Gasteiger partial charge < -0.3 is 10.2 Å². The van der Waals surface area contributed by atoms with E-state index in [1.807, 2.05) is 0 Å². The molecule has 10 heteroatoms. The number of amides is 1. The first-order chi connectivity index (χ1) is 21.8. The Morgan fingerprint density at radius 2 is 2.00 bits per heavy atom. The molecule has 7 nitrogen and oxygen atoms in total. The number of hydrogen-bond acceptors (Lipinski definition) is 5. The number of aryl methyl sites for hydroxylation is 1. The van der Waals surface area contributed by atoms with Crippen LogP contribution in [0.3, 0.4) is 0 Å². The van der Waals surface area contributed by atoms with Crippen LogP contribution in [0.25, 0.3) is 5.65 Å². The van der Waals surface area contributed by atoms with Crippen LogP contribution in [0, 0.1) is 18.7 Å². The molecule has 1 fully saturated rings. The molecule has 0 atom stereocenters. The number of carbonyl (C=O) groups excluding carboxylic acids is 1. The summed E-state index contributed by atoms with van der Waals surface area (Å²) in [6.07, 6.45) is -3.59. The van der Waals surface area contributed by atoms with Gasteiger partial charge in [0, 0.05) is 65.2 Å². The second-order valence-corrected chi connectivity index (χ2v) is 8.72. The van der Waals surface area contributed by atoms with E-state index >= 15 is 0 Å². The van der Waals surface area contributed by atoms with Crippen molar-refractivity contribution in [1.82, 2.24) is 24.4 Å². The van der Waals surface area contributed by atoms with Crippen LogP contribution in [0.15, 0.2) is 60.9 Å². The number of piperazine rings is 1. The molecule has 0 saturated carbocycles. The van der Waals surface area contributed by atoms with Crippen molar-refractivity contribution in [2.24, 2.45) is 0 Å². The van der Waals surface area contributed by atoms with Gasteiger partial charge in [-0.1, -0.05) is 18.1 Å². The van der Waals surface area contributed by atoms with E-state index in [0.717, 1.165) is 17.0 Å². The lowest BCUT2D eigenvalue weighted by atomic mass is 10.0. The third-order valence-electron chi connectivity index (χ3n) is 5.95. The quantitative estimate of drug-likeness (QED) is 0.388. The van der Waals surface area contributed by atoms with Crippen molar-refractivity contribution < 1.29 is 28.9 Å². The molecule has 5 rings (SSSR count). The van der Waals surface area contributed by atoms with Crippen molar-refractivity contribution in [3.05, 3.63) is 94.4 Å². The van der Waals surface area contributed by atoms with Crippen molar-refractivity contribution >= 4 is 17.2 Å². The highest BCUT2D eigenvalue weighted by Crippen LogP contribution is 2.34. The molecule has 200 valence electrons. The lowest BCUT2D eigenvalue weighted by Gasteiger charge is -2.33. The molecule has 2 aromatic heterocycles. The zero-order chi connectivity index (χ0) is 34.5. The largest absolute Gasteiger partial charge is 0.416 e. The van der Waals surface area contributed by atoms with Gasteiger partial charge in [-0.3, -0.25) is 9.69 Å². The van der Waals surface area contributed by atoms with Crippen LogP contribution in [0.1, 0.15) is 49.3 Å².